The molecule has 0 aromatic heterocycles. The summed E-state index contributed by atoms with van der Waals surface area (Å²) in [5, 5.41) is 0. The molecule has 0 amide bonds. The predicted octanol–water partition coefficient (Wildman–Crippen LogP) is 3.27. The van der Waals surface area contributed by atoms with Crippen LogP contribution in [-0.4, -0.2) is 37.4 Å². The predicted molar refractivity (Wildman–Crippen MR) is 84.1 cm³/mol. The Morgan fingerprint density at radius 1 is 1.18 bits per heavy atom. The fourth-order valence-corrected chi connectivity index (χ4v) is 3.83. The van der Waals surface area contributed by atoms with E-state index in [-0.39, 0.29) is 23.9 Å². The normalized spacial score (nSPS) is 32.6. The molecule has 22 heavy (non-hydrogen) atoms. The Labute approximate surface area is 131 Å². The molecule has 0 bridgehead atoms. The summed E-state index contributed by atoms with van der Waals surface area (Å²) in [6, 6.07) is 10.3. The molecular formula is C18H23NO3. The van der Waals surface area contributed by atoms with Crippen molar-refractivity contribution in [3.05, 3.63) is 35.9 Å². The van der Waals surface area contributed by atoms with Gasteiger partial charge in [0.05, 0.1) is 6.61 Å². The van der Waals surface area contributed by atoms with Gasteiger partial charge in [-0.1, -0.05) is 49.6 Å². The number of epoxide rings is 1. The molecule has 1 aromatic carbocycles. The zero-order valence-electron chi connectivity index (χ0n) is 13.0. The smallest absolute Gasteiger partial charge is 0.217 e. The first kappa shape index (κ1) is 14.2. The highest BCUT2D eigenvalue weighted by Gasteiger charge is 2.61. The van der Waals surface area contributed by atoms with E-state index in [2.05, 4.69) is 12.1 Å². The van der Waals surface area contributed by atoms with Gasteiger partial charge in [0.25, 0.3) is 0 Å². The van der Waals surface area contributed by atoms with Gasteiger partial charge in [-0.3, -0.25) is 0 Å². The molecule has 1 saturated heterocycles. The molecule has 1 saturated carbocycles. The molecule has 2 fully saturated rings. The molecule has 4 heteroatoms. The molecule has 0 radical (unpaired) electrons. The minimum Gasteiger partial charge on any atom is -0.468 e. The van der Waals surface area contributed by atoms with Crippen molar-refractivity contribution in [1.82, 2.24) is 0 Å². The number of aliphatic imine (C=N–C) groups is 1. The highest BCUT2D eigenvalue weighted by atomic mass is 16.6. The van der Waals surface area contributed by atoms with Crippen LogP contribution >= 0.6 is 0 Å². The molecule has 4 rings (SSSR count). The van der Waals surface area contributed by atoms with Crippen LogP contribution in [0.2, 0.25) is 0 Å². The summed E-state index contributed by atoms with van der Waals surface area (Å²) in [5.74, 6) is 0.790. The number of methoxy groups -OCH3 is 1. The summed E-state index contributed by atoms with van der Waals surface area (Å²) in [5.41, 5.74) is 1.18. The Kier molecular flexibility index (Phi) is 3.66. The van der Waals surface area contributed by atoms with Gasteiger partial charge in [-0.15, -0.1) is 0 Å². The maximum atomic E-state index is 6.21. The summed E-state index contributed by atoms with van der Waals surface area (Å²) in [6.07, 6.45) is 6.14. The number of benzene rings is 1. The number of ether oxygens (including phenoxy) is 3. The van der Waals surface area contributed by atoms with Gasteiger partial charge in [0.15, 0.2) is 6.10 Å². The minimum atomic E-state index is -0.0546. The molecular weight excluding hydrogens is 278 g/mol. The van der Waals surface area contributed by atoms with E-state index in [9.17, 15) is 0 Å². The van der Waals surface area contributed by atoms with Gasteiger partial charge in [-0.25, -0.2) is 4.99 Å². The molecule has 2 aliphatic heterocycles. The molecule has 118 valence electrons. The van der Waals surface area contributed by atoms with Crippen molar-refractivity contribution in [2.24, 2.45) is 4.99 Å². The van der Waals surface area contributed by atoms with E-state index >= 15 is 0 Å². The van der Waals surface area contributed by atoms with Crippen molar-refractivity contribution < 1.29 is 14.2 Å². The molecule has 3 aliphatic rings. The first-order valence-corrected chi connectivity index (χ1v) is 8.28. The maximum Gasteiger partial charge on any atom is 0.217 e. The van der Waals surface area contributed by atoms with E-state index in [0.717, 1.165) is 24.3 Å². The van der Waals surface area contributed by atoms with Crippen molar-refractivity contribution in [3.63, 3.8) is 0 Å². The van der Waals surface area contributed by atoms with E-state index in [1.165, 1.54) is 19.3 Å². The van der Waals surface area contributed by atoms with E-state index in [1.807, 2.05) is 18.2 Å². The fraction of sp³-hybridized carbons (Fsp3) is 0.611. The zero-order chi connectivity index (χ0) is 15.0. The number of nitrogens with zero attached hydrogens (tertiary/aromatic N) is 1. The first-order chi connectivity index (χ1) is 10.8. The highest BCUT2D eigenvalue weighted by Crippen LogP contribution is 2.50. The Morgan fingerprint density at radius 2 is 1.95 bits per heavy atom. The van der Waals surface area contributed by atoms with Crippen molar-refractivity contribution >= 4 is 5.90 Å². The third kappa shape index (κ3) is 2.44. The van der Waals surface area contributed by atoms with Crippen molar-refractivity contribution in [2.45, 2.75) is 56.0 Å². The van der Waals surface area contributed by atoms with Crippen LogP contribution in [0.25, 0.3) is 0 Å². The van der Waals surface area contributed by atoms with Crippen molar-refractivity contribution in [2.75, 3.05) is 13.7 Å². The van der Waals surface area contributed by atoms with Crippen LogP contribution in [0.1, 0.15) is 43.8 Å². The van der Waals surface area contributed by atoms with Gasteiger partial charge in [0.2, 0.25) is 5.90 Å². The molecule has 4 nitrogen and oxygen atoms in total. The summed E-state index contributed by atoms with van der Waals surface area (Å²) >= 11 is 0. The number of hydrogen-bond acceptors (Lipinski definition) is 4. The van der Waals surface area contributed by atoms with E-state index in [1.54, 1.807) is 7.11 Å². The van der Waals surface area contributed by atoms with E-state index < -0.39 is 0 Å². The summed E-state index contributed by atoms with van der Waals surface area (Å²) in [4.78, 5) is 4.79. The SMILES string of the molecule is COC[C@@H]1N=C([C@@H]2OC23CCCCC3)O[C@H]1c1ccccc1. The Bertz CT molecular complexity index is 551. The molecule has 2 heterocycles. The van der Waals surface area contributed by atoms with E-state index in [0.29, 0.717) is 6.61 Å². The lowest BCUT2D eigenvalue weighted by molar-refractivity contribution is 0.118. The standard InChI is InChI=1S/C18H23NO3/c1-20-12-14-15(13-8-4-2-5-9-13)21-17(19-14)16-18(22-16)10-6-3-7-11-18/h2,4-5,8-9,14-16H,3,6-7,10-12H2,1H3/t14-,15-,16-/m0/s1. The third-order valence-electron chi connectivity index (χ3n) is 5.05. The average Bonchev–Trinajstić information content (AvgIpc) is 3.07. The quantitative estimate of drug-likeness (QED) is 0.802. The van der Waals surface area contributed by atoms with Gasteiger partial charge in [0.1, 0.15) is 17.7 Å². The van der Waals surface area contributed by atoms with E-state index in [4.69, 9.17) is 19.2 Å². The Morgan fingerprint density at radius 3 is 2.68 bits per heavy atom. The van der Waals surface area contributed by atoms with Crippen LogP contribution < -0.4 is 0 Å². The van der Waals surface area contributed by atoms with Crippen LogP contribution in [0.4, 0.5) is 0 Å². The van der Waals surface area contributed by atoms with Crippen molar-refractivity contribution in [1.29, 1.82) is 0 Å². The first-order valence-electron chi connectivity index (χ1n) is 8.28. The third-order valence-corrected chi connectivity index (χ3v) is 5.05. The average molecular weight is 301 g/mol. The molecule has 0 N–H and O–H groups in total. The molecule has 1 aromatic rings. The van der Waals surface area contributed by atoms with Crippen LogP contribution in [-0.2, 0) is 14.2 Å². The molecule has 1 aliphatic carbocycles. The van der Waals surface area contributed by atoms with Crippen LogP contribution in [0.15, 0.2) is 35.3 Å². The van der Waals surface area contributed by atoms with Crippen LogP contribution in [0.5, 0.6) is 0 Å². The molecule has 3 atom stereocenters. The fourth-order valence-electron chi connectivity index (χ4n) is 3.83. The second kappa shape index (κ2) is 5.67. The number of rotatable bonds is 4. The Balaban J connectivity index is 1.51. The molecule has 1 spiro atoms. The largest absolute Gasteiger partial charge is 0.468 e. The molecule has 0 unspecified atom stereocenters. The summed E-state index contributed by atoms with van der Waals surface area (Å²) < 4.78 is 17.6. The van der Waals surface area contributed by atoms with Gasteiger partial charge in [-0.05, 0) is 18.4 Å². The minimum absolute atomic E-state index is 0.0206. The topological polar surface area (TPSA) is 43.3 Å². The zero-order valence-corrected chi connectivity index (χ0v) is 13.0. The summed E-state index contributed by atoms with van der Waals surface area (Å²) in [7, 11) is 1.71. The summed E-state index contributed by atoms with van der Waals surface area (Å²) in [6.45, 7) is 0.572. The van der Waals surface area contributed by atoms with Gasteiger partial charge in [0, 0.05) is 7.11 Å². The lowest BCUT2D eigenvalue weighted by Gasteiger charge is -2.19. The lowest BCUT2D eigenvalue weighted by atomic mass is 9.86. The Hall–Kier alpha value is -1.39. The van der Waals surface area contributed by atoms with Crippen LogP contribution in [0, 0.1) is 0 Å². The van der Waals surface area contributed by atoms with Gasteiger partial charge in [-0.2, -0.15) is 0 Å². The maximum absolute atomic E-state index is 6.21. The van der Waals surface area contributed by atoms with Crippen molar-refractivity contribution in [3.8, 4) is 0 Å². The van der Waals surface area contributed by atoms with Gasteiger partial charge >= 0.3 is 0 Å². The lowest BCUT2D eigenvalue weighted by Crippen LogP contribution is -2.24. The van der Waals surface area contributed by atoms with Crippen LogP contribution in [0.3, 0.4) is 0 Å². The van der Waals surface area contributed by atoms with Gasteiger partial charge < -0.3 is 14.2 Å². The highest BCUT2D eigenvalue weighted by molar-refractivity contribution is 5.86. The second-order valence-electron chi connectivity index (χ2n) is 6.56. The second-order valence-corrected chi connectivity index (χ2v) is 6.56. The number of hydrogen-bond donors (Lipinski definition) is 0. The monoisotopic (exact) mass is 301 g/mol.